The molecule has 5 nitrogen and oxygen atoms in total. The lowest BCUT2D eigenvalue weighted by Crippen LogP contribution is -2.27. The van der Waals surface area contributed by atoms with Gasteiger partial charge in [-0.3, -0.25) is 4.90 Å². The van der Waals surface area contributed by atoms with Crippen LogP contribution in [-0.4, -0.2) is 19.1 Å². The first-order chi connectivity index (χ1) is 10.3. The SMILES string of the molecule is N#Cc1csc(CNc2ccc(N3CCNC3=O)cc2)c1. The maximum Gasteiger partial charge on any atom is 0.321 e. The molecule has 21 heavy (non-hydrogen) atoms. The molecular formula is C15H14N4OS. The van der Waals surface area contributed by atoms with Crippen LogP contribution in [0.2, 0.25) is 0 Å². The number of hydrogen-bond donors (Lipinski definition) is 2. The van der Waals surface area contributed by atoms with E-state index in [9.17, 15) is 4.79 Å². The lowest BCUT2D eigenvalue weighted by Gasteiger charge is -2.14. The number of nitrogens with one attached hydrogen (secondary N) is 2. The van der Waals surface area contributed by atoms with Crippen LogP contribution in [0.5, 0.6) is 0 Å². The number of nitriles is 1. The van der Waals surface area contributed by atoms with E-state index < -0.39 is 0 Å². The van der Waals surface area contributed by atoms with Crippen LogP contribution in [0.4, 0.5) is 16.2 Å². The van der Waals surface area contributed by atoms with E-state index in [-0.39, 0.29) is 6.03 Å². The summed E-state index contributed by atoms with van der Waals surface area (Å²) in [5.74, 6) is 0. The van der Waals surface area contributed by atoms with Gasteiger partial charge in [-0.25, -0.2) is 4.79 Å². The summed E-state index contributed by atoms with van der Waals surface area (Å²) in [4.78, 5) is 14.4. The third kappa shape index (κ3) is 2.98. The van der Waals surface area contributed by atoms with Crippen LogP contribution in [0.15, 0.2) is 35.7 Å². The van der Waals surface area contributed by atoms with E-state index in [1.165, 1.54) is 0 Å². The number of rotatable bonds is 4. The first kappa shape index (κ1) is 13.5. The van der Waals surface area contributed by atoms with Crippen molar-refractivity contribution in [3.8, 4) is 6.07 Å². The molecule has 2 heterocycles. The van der Waals surface area contributed by atoms with E-state index in [1.54, 1.807) is 16.2 Å². The highest BCUT2D eigenvalue weighted by Crippen LogP contribution is 2.21. The van der Waals surface area contributed by atoms with Gasteiger partial charge in [-0.1, -0.05) is 0 Å². The lowest BCUT2D eigenvalue weighted by atomic mass is 10.2. The fourth-order valence-electron chi connectivity index (χ4n) is 2.20. The number of amides is 2. The predicted octanol–water partition coefficient (Wildman–Crippen LogP) is 2.76. The molecule has 2 N–H and O–H groups in total. The molecule has 2 amide bonds. The van der Waals surface area contributed by atoms with E-state index >= 15 is 0 Å². The monoisotopic (exact) mass is 298 g/mol. The second-order valence-electron chi connectivity index (χ2n) is 4.70. The van der Waals surface area contributed by atoms with Gasteiger partial charge >= 0.3 is 6.03 Å². The molecule has 1 aliphatic rings. The summed E-state index contributed by atoms with van der Waals surface area (Å²) >= 11 is 1.57. The van der Waals surface area contributed by atoms with Gasteiger partial charge in [0.05, 0.1) is 5.56 Å². The van der Waals surface area contributed by atoms with Crippen molar-refractivity contribution in [1.29, 1.82) is 5.26 Å². The Hall–Kier alpha value is -2.52. The summed E-state index contributed by atoms with van der Waals surface area (Å²) in [5.41, 5.74) is 2.59. The quantitative estimate of drug-likeness (QED) is 0.912. The maximum atomic E-state index is 11.6. The summed E-state index contributed by atoms with van der Waals surface area (Å²) < 4.78 is 0. The van der Waals surface area contributed by atoms with Crippen molar-refractivity contribution in [2.24, 2.45) is 0 Å². The highest BCUT2D eigenvalue weighted by Gasteiger charge is 2.20. The van der Waals surface area contributed by atoms with E-state index in [2.05, 4.69) is 16.7 Å². The van der Waals surface area contributed by atoms with Gasteiger partial charge in [-0.15, -0.1) is 11.3 Å². The van der Waals surface area contributed by atoms with Gasteiger partial charge in [-0.05, 0) is 30.3 Å². The van der Waals surface area contributed by atoms with Crippen molar-refractivity contribution in [1.82, 2.24) is 5.32 Å². The Kier molecular flexibility index (Phi) is 3.75. The number of nitrogens with zero attached hydrogens (tertiary/aromatic N) is 2. The molecule has 0 aliphatic carbocycles. The first-order valence-corrected chi connectivity index (χ1v) is 7.51. The predicted molar refractivity (Wildman–Crippen MR) is 83.5 cm³/mol. The summed E-state index contributed by atoms with van der Waals surface area (Å²) in [6.07, 6.45) is 0. The van der Waals surface area contributed by atoms with Crippen molar-refractivity contribution in [3.05, 3.63) is 46.2 Å². The summed E-state index contributed by atoms with van der Waals surface area (Å²) in [6.45, 7) is 2.09. The molecule has 1 aromatic heterocycles. The molecule has 3 rings (SSSR count). The zero-order valence-electron chi connectivity index (χ0n) is 11.3. The minimum absolute atomic E-state index is 0.0432. The fourth-order valence-corrected chi connectivity index (χ4v) is 2.95. The van der Waals surface area contributed by atoms with Crippen molar-refractivity contribution in [3.63, 3.8) is 0 Å². The molecule has 0 saturated carbocycles. The summed E-state index contributed by atoms with van der Waals surface area (Å²) in [6, 6.07) is 11.8. The van der Waals surface area contributed by atoms with Gasteiger partial charge in [0.1, 0.15) is 6.07 Å². The Bertz CT molecular complexity index is 686. The standard InChI is InChI=1S/C15H14N4OS/c16-8-11-7-14(21-10-11)9-18-12-1-3-13(4-2-12)19-6-5-17-15(19)20/h1-4,7,10,18H,5-6,9H2,(H,17,20). The minimum atomic E-state index is -0.0432. The van der Waals surface area contributed by atoms with E-state index in [0.717, 1.165) is 16.3 Å². The van der Waals surface area contributed by atoms with Crippen LogP contribution in [0.3, 0.4) is 0 Å². The van der Waals surface area contributed by atoms with Crippen molar-refractivity contribution >= 4 is 28.7 Å². The molecule has 1 saturated heterocycles. The Morgan fingerprint density at radius 2 is 2.19 bits per heavy atom. The van der Waals surface area contributed by atoms with Gasteiger partial charge in [0, 0.05) is 41.3 Å². The summed E-state index contributed by atoms with van der Waals surface area (Å²) in [5, 5.41) is 16.7. The Labute approximate surface area is 126 Å². The van der Waals surface area contributed by atoms with Crippen molar-refractivity contribution in [2.75, 3.05) is 23.3 Å². The number of hydrogen-bond acceptors (Lipinski definition) is 4. The number of thiophene rings is 1. The number of carbonyl (C=O) groups excluding carboxylic acids is 1. The molecular weight excluding hydrogens is 284 g/mol. The van der Waals surface area contributed by atoms with Crippen LogP contribution in [0.25, 0.3) is 0 Å². The molecule has 2 aromatic rings. The molecule has 0 bridgehead atoms. The average molecular weight is 298 g/mol. The molecule has 0 atom stereocenters. The molecule has 1 fully saturated rings. The zero-order valence-corrected chi connectivity index (χ0v) is 12.1. The fraction of sp³-hybridized carbons (Fsp3) is 0.200. The molecule has 0 unspecified atom stereocenters. The normalized spacial score (nSPS) is 13.9. The molecule has 6 heteroatoms. The van der Waals surface area contributed by atoms with Crippen molar-refractivity contribution < 1.29 is 4.79 Å². The Morgan fingerprint density at radius 3 is 2.81 bits per heavy atom. The molecule has 106 valence electrons. The Balaban J connectivity index is 1.62. The third-order valence-corrected chi connectivity index (χ3v) is 4.22. The second kappa shape index (κ2) is 5.85. The van der Waals surface area contributed by atoms with Crippen LogP contribution in [-0.2, 0) is 6.54 Å². The van der Waals surface area contributed by atoms with E-state index in [4.69, 9.17) is 5.26 Å². The highest BCUT2D eigenvalue weighted by atomic mass is 32.1. The largest absolute Gasteiger partial charge is 0.380 e. The van der Waals surface area contributed by atoms with Crippen LogP contribution in [0.1, 0.15) is 10.4 Å². The minimum Gasteiger partial charge on any atom is -0.380 e. The van der Waals surface area contributed by atoms with Gasteiger partial charge in [0.15, 0.2) is 0 Å². The smallest absolute Gasteiger partial charge is 0.321 e. The van der Waals surface area contributed by atoms with E-state index in [1.807, 2.05) is 35.7 Å². The molecule has 1 aromatic carbocycles. The van der Waals surface area contributed by atoms with Gasteiger partial charge in [-0.2, -0.15) is 5.26 Å². The number of urea groups is 1. The topological polar surface area (TPSA) is 68.2 Å². The van der Waals surface area contributed by atoms with Gasteiger partial charge in [0.2, 0.25) is 0 Å². The molecule has 1 aliphatic heterocycles. The zero-order chi connectivity index (χ0) is 14.7. The summed E-state index contributed by atoms with van der Waals surface area (Å²) in [7, 11) is 0. The van der Waals surface area contributed by atoms with Crippen LogP contribution in [0, 0.1) is 11.3 Å². The second-order valence-corrected chi connectivity index (χ2v) is 5.69. The first-order valence-electron chi connectivity index (χ1n) is 6.63. The lowest BCUT2D eigenvalue weighted by molar-refractivity contribution is 0.252. The third-order valence-electron chi connectivity index (χ3n) is 3.29. The van der Waals surface area contributed by atoms with Crippen LogP contribution >= 0.6 is 11.3 Å². The maximum absolute atomic E-state index is 11.6. The average Bonchev–Trinajstić information content (AvgIpc) is 3.14. The van der Waals surface area contributed by atoms with Gasteiger partial charge < -0.3 is 10.6 Å². The highest BCUT2D eigenvalue weighted by molar-refractivity contribution is 7.10. The number of anilines is 2. The molecule has 0 radical (unpaired) electrons. The van der Waals surface area contributed by atoms with Crippen molar-refractivity contribution in [2.45, 2.75) is 6.54 Å². The number of benzene rings is 1. The number of carbonyl (C=O) groups is 1. The van der Waals surface area contributed by atoms with Gasteiger partial charge in [0.25, 0.3) is 0 Å². The Morgan fingerprint density at radius 1 is 1.38 bits per heavy atom. The van der Waals surface area contributed by atoms with E-state index in [0.29, 0.717) is 25.2 Å². The molecule has 0 spiro atoms. The van der Waals surface area contributed by atoms with Crippen LogP contribution < -0.4 is 15.5 Å².